The number of hydrogen-bond donors (Lipinski definition) is 14. The monoisotopic (exact) mass is 1080 g/mol. The van der Waals surface area contributed by atoms with E-state index in [-0.39, 0.29) is 68.1 Å². The van der Waals surface area contributed by atoms with Crippen LogP contribution in [0.25, 0.3) is 0 Å². The average molecular weight is 1080 g/mol. The Hall–Kier alpha value is -5.66. The minimum absolute atomic E-state index is 0.0629. The van der Waals surface area contributed by atoms with Crippen LogP contribution in [0.4, 0.5) is 0 Å². The van der Waals surface area contributed by atoms with Crippen molar-refractivity contribution in [1.29, 1.82) is 0 Å². The van der Waals surface area contributed by atoms with E-state index in [4.69, 9.17) is 11.5 Å². The van der Waals surface area contributed by atoms with Crippen LogP contribution in [0.2, 0.25) is 0 Å². The summed E-state index contributed by atoms with van der Waals surface area (Å²) < 4.78 is 0. The summed E-state index contributed by atoms with van der Waals surface area (Å²) >= 11 is 5.75. The van der Waals surface area contributed by atoms with Crippen LogP contribution in [-0.4, -0.2) is 161 Å². The van der Waals surface area contributed by atoms with Crippen molar-refractivity contribution in [2.24, 2.45) is 34.2 Å². The lowest BCUT2D eigenvalue weighted by atomic mass is 9.98. The highest BCUT2D eigenvalue weighted by atomic mass is 32.2. The normalized spacial score (nSPS) is 17.0. The summed E-state index contributed by atoms with van der Waals surface area (Å²) in [6, 6.07) is -2.01. The van der Waals surface area contributed by atoms with Crippen LogP contribution in [0.1, 0.15) is 99.0 Å². The van der Waals surface area contributed by atoms with Gasteiger partial charge in [0.15, 0.2) is 12.0 Å². The van der Waals surface area contributed by atoms with Crippen LogP contribution in [0, 0.1) is 17.8 Å². The van der Waals surface area contributed by atoms with E-state index in [9.17, 15) is 53.4 Å². The number of hydrogen-bond acceptors (Lipinski definition) is 14. The Kier molecular flexibility index (Phi) is 29.0. The first kappa shape index (κ1) is 64.5. The zero-order valence-corrected chi connectivity index (χ0v) is 45.6. The maximum Gasteiger partial charge on any atom is 0.328 e. The largest absolute Gasteiger partial charge is 0.480 e. The van der Waals surface area contributed by atoms with E-state index in [1.807, 2.05) is 34.0 Å². The smallest absolute Gasteiger partial charge is 0.328 e. The zero-order chi connectivity index (χ0) is 55.7. The second-order valence-corrected chi connectivity index (χ2v) is 21.0. The van der Waals surface area contributed by atoms with Crippen LogP contribution in [0.15, 0.2) is 35.3 Å². The molecule has 2 rings (SSSR count). The summed E-state index contributed by atoms with van der Waals surface area (Å²) in [6.07, 6.45) is 2.59. The molecule has 0 aliphatic carbocycles. The molecule has 0 spiro atoms. The van der Waals surface area contributed by atoms with Crippen LogP contribution < -0.4 is 59.3 Å². The number of aliphatic imine (C=N–C) groups is 1. The van der Waals surface area contributed by atoms with Crippen molar-refractivity contribution in [3.05, 3.63) is 35.9 Å². The highest BCUT2D eigenvalue weighted by Crippen LogP contribution is 2.14. The number of carboxylic acids is 1. The third kappa shape index (κ3) is 23.3. The van der Waals surface area contributed by atoms with Gasteiger partial charge in [0.1, 0.15) is 42.3 Å². The summed E-state index contributed by atoms with van der Waals surface area (Å²) in [7, 11) is 0. The van der Waals surface area contributed by atoms with Gasteiger partial charge >= 0.3 is 5.97 Å². The highest BCUT2D eigenvalue weighted by molar-refractivity contribution is 7.98. The number of carbonyl (C=O) groups is 9. The van der Waals surface area contributed by atoms with E-state index in [0.29, 0.717) is 30.7 Å². The van der Waals surface area contributed by atoms with Crippen molar-refractivity contribution in [3.63, 3.8) is 0 Å². The average Bonchev–Trinajstić information content (AvgIpc) is 3.88. The molecule has 25 heteroatoms. The predicted molar refractivity (Wildman–Crippen MR) is 286 cm³/mol. The molecule has 1 aromatic carbocycles. The Bertz CT molecular complexity index is 2040. The molecule has 1 aliphatic rings. The molecule has 1 fully saturated rings. The van der Waals surface area contributed by atoms with Crippen molar-refractivity contribution in [3.8, 4) is 0 Å². The van der Waals surface area contributed by atoms with E-state index in [0.717, 1.165) is 6.42 Å². The van der Waals surface area contributed by atoms with E-state index in [1.54, 1.807) is 44.2 Å². The molecule has 74 heavy (non-hydrogen) atoms. The minimum atomic E-state index is -1.67. The lowest BCUT2D eigenvalue weighted by Gasteiger charge is -2.29. The van der Waals surface area contributed by atoms with Crippen molar-refractivity contribution in [2.75, 3.05) is 30.9 Å². The van der Waals surface area contributed by atoms with Gasteiger partial charge in [-0.3, -0.25) is 43.3 Å². The number of aliphatic hydroxyl groups excluding tert-OH is 1. The molecule has 0 radical (unpaired) electrons. The van der Waals surface area contributed by atoms with E-state index in [1.165, 1.54) is 18.7 Å². The van der Waals surface area contributed by atoms with Gasteiger partial charge in [0, 0.05) is 18.7 Å². The number of carboxylic acid groups (broad SMARTS) is 1. The molecule has 15 N–H and O–H groups in total. The third-order valence-corrected chi connectivity index (χ3v) is 12.9. The van der Waals surface area contributed by atoms with Gasteiger partial charge in [-0.2, -0.15) is 24.4 Å². The molecule has 0 unspecified atom stereocenters. The first-order chi connectivity index (χ1) is 34.9. The molecule has 0 aromatic heterocycles. The number of guanidine groups is 1. The summed E-state index contributed by atoms with van der Waals surface area (Å²) in [4.78, 5) is 126. The summed E-state index contributed by atoms with van der Waals surface area (Å²) in [6.45, 7) is 12.7. The maximum absolute atomic E-state index is 14.1. The van der Waals surface area contributed by atoms with Gasteiger partial charge in [0.2, 0.25) is 47.3 Å². The van der Waals surface area contributed by atoms with Crippen LogP contribution in [-0.2, 0) is 49.6 Å². The maximum atomic E-state index is 14.1. The highest BCUT2D eigenvalue weighted by Gasteiger charge is 2.36. The summed E-state index contributed by atoms with van der Waals surface area (Å²) in [5.74, 6) is -7.81. The number of amides is 8. The number of aliphatic hydroxyl groups is 1. The Labute approximate surface area is 444 Å². The third-order valence-electron chi connectivity index (χ3n) is 11.9. The standard InChI is InChI=1S/C49H82N12O11S2/c1-26(2)22-34(56-41(64)32(17-13-20-53-49(50)51)54-40(63)31-16-12-19-52-31)43(66)55-33(18-21-74-8)42(65)59-37(25-73)46(69)57-35(23-27(3)4)44(67)60-38(28(5)6)47(70)58-36(24-30-14-10-9-11-15-30)45(68)61-39(29(7)62)48(71)72/h9-11,14-15,26-29,31-39,52,62,73H,12-13,16-25H2,1-8H3,(H,54,63)(H,55,66)(H,56,64)(H,57,69)(H,58,70)(H,59,65)(H,60,67)(H,61,68)(H,71,72)(H4,50,51,53)/t29-,31+,32+,33+,34+,35+,36+,37+,38+,39+/m1/s1. The Morgan fingerprint density at radius 1 is 0.676 bits per heavy atom. The number of carbonyl (C=O) groups excluding carboxylic acids is 8. The molecule has 0 bridgehead atoms. The first-order valence-electron chi connectivity index (χ1n) is 25.1. The second kappa shape index (κ2) is 33.3. The van der Waals surface area contributed by atoms with Crippen molar-refractivity contribution < 1.29 is 53.4 Å². The van der Waals surface area contributed by atoms with Gasteiger partial charge in [0.05, 0.1) is 12.1 Å². The predicted octanol–water partition coefficient (Wildman–Crippen LogP) is -1.19. The molecule has 10 atom stereocenters. The van der Waals surface area contributed by atoms with Gasteiger partial charge in [-0.15, -0.1) is 0 Å². The Morgan fingerprint density at radius 2 is 1.16 bits per heavy atom. The zero-order valence-electron chi connectivity index (χ0n) is 43.9. The van der Waals surface area contributed by atoms with Crippen LogP contribution in [0.5, 0.6) is 0 Å². The molecule has 0 saturated carbocycles. The molecule has 8 amide bonds. The van der Waals surface area contributed by atoms with Crippen LogP contribution in [0.3, 0.4) is 0 Å². The van der Waals surface area contributed by atoms with Gasteiger partial charge in [0.25, 0.3) is 0 Å². The molecule has 416 valence electrons. The number of nitrogens with one attached hydrogen (secondary N) is 9. The van der Waals surface area contributed by atoms with Crippen molar-refractivity contribution in [2.45, 2.75) is 160 Å². The van der Waals surface area contributed by atoms with Gasteiger partial charge < -0.3 is 69.5 Å². The fourth-order valence-electron chi connectivity index (χ4n) is 7.90. The van der Waals surface area contributed by atoms with Gasteiger partial charge in [-0.25, -0.2) is 4.79 Å². The number of rotatable bonds is 33. The number of nitrogens with zero attached hydrogens (tertiary/aromatic N) is 1. The SMILES string of the molecule is CSCC[C@H](NC(=O)[C@H](CC(C)C)NC(=O)[C@H](CCCN=C(N)N)NC(=O)[C@@H]1CCCN1)C(=O)N[C@@H](CS)C(=O)N[C@@H](CC(C)C)C(=O)N[C@H](C(=O)N[C@@H](Cc1ccccc1)C(=O)N[C@H](C(=O)O)[C@@H](C)O)C(C)C. The Morgan fingerprint density at radius 3 is 1.65 bits per heavy atom. The molecule has 1 aliphatic heterocycles. The minimum Gasteiger partial charge on any atom is -0.480 e. The van der Waals surface area contributed by atoms with E-state index < -0.39 is 114 Å². The fraction of sp³-hybridized carbons (Fsp3) is 0.673. The van der Waals surface area contributed by atoms with Gasteiger partial charge in [-0.1, -0.05) is 71.9 Å². The summed E-state index contributed by atoms with van der Waals surface area (Å²) in [5, 5.41) is 44.0. The Balaban J connectivity index is 2.30. The number of thiol groups is 1. The molecule has 1 saturated heterocycles. The molecule has 1 aromatic rings. The second-order valence-electron chi connectivity index (χ2n) is 19.7. The van der Waals surface area contributed by atoms with E-state index >= 15 is 0 Å². The fourth-order valence-corrected chi connectivity index (χ4v) is 8.63. The lowest BCUT2D eigenvalue weighted by Crippen LogP contribution is -2.61. The van der Waals surface area contributed by atoms with Crippen molar-refractivity contribution >= 4 is 83.6 Å². The molecular weight excluding hydrogens is 997 g/mol. The molecule has 1 heterocycles. The lowest BCUT2D eigenvalue weighted by molar-refractivity contribution is -0.145. The molecule has 23 nitrogen and oxygen atoms in total. The van der Waals surface area contributed by atoms with Crippen LogP contribution >= 0.6 is 24.4 Å². The quantitative estimate of drug-likeness (QED) is 0.0170. The number of aliphatic carboxylic acids is 1. The number of nitrogens with two attached hydrogens (primary N) is 2. The van der Waals surface area contributed by atoms with Gasteiger partial charge in [-0.05, 0) is 93.7 Å². The van der Waals surface area contributed by atoms with E-state index in [2.05, 4.69) is 65.5 Å². The topological polar surface area (TPSA) is 367 Å². The number of benzene rings is 1. The number of thioether (sulfide) groups is 1. The van der Waals surface area contributed by atoms with Crippen molar-refractivity contribution in [1.82, 2.24) is 47.9 Å². The first-order valence-corrected chi connectivity index (χ1v) is 27.2. The molecular formula is C49H82N12O11S2. The summed E-state index contributed by atoms with van der Waals surface area (Å²) in [5.41, 5.74) is 11.6.